The standard InChI is InChI=1S/C27H28N2O4Si/c1-27(2,3)34(21-11-7-5-8-12-21,22-13-9-6-10-14-22)33-19-23-24(18-30)29-17-20(26(31)32-4)15-16-25(29)28-23/h5-18H,19H2,1-4H3. The smallest absolute Gasteiger partial charge is 0.339 e. The Morgan fingerprint density at radius 3 is 2.06 bits per heavy atom. The van der Waals surface area contributed by atoms with Gasteiger partial charge in [-0.25, -0.2) is 9.78 Å². The van der Waals surface area contributed by atoms with E-state index >= 15 is 0 Å². The molecule has 0 aliphatic heterocycles. The molecule has 7 heteroatoms. The Morgan fingerprint density at radius 1 is 0.971 bits per heavy atom. The van der Waals surface area contributed by atoms with E-state index in [1.165, 1.54) is 7.11 Å². The van der Waals surface area contributed by atoms with E-state index in [-0.39, 0.29) is 11.6 Å². The number of ether oxygens (including phenoxy) is 1. The molecule has 0 atom stereocenters. The molecule has 0 N–H and O–H groups in total. The zero-order valence-electron chi connectivity index (χ0n) is 19.8. The monoisotopic (exact) mass is 472 g/mol. The van der Waals surface area contributed by atoms with Crippen molar-refractivity contribution in [2.24, 2.45) is 0 Å². The molecule has 2 aromatic carbocycles. The van der Waals surface area contributed by atoms with E-state index in [1.54, 1.807) is 22.7 Å². The van der Waals surface area contributed by atoms with Crippen molar-refractivity contribution in [1.29, 1.82) is 0 Å². The van der Waals surface area contributed by atoms with Crippen LogP contribution in [0.4, 0.5) is 0 Å². The Bertz CT molecular complexity index is 1270. The van der Waals surface area contributed by atoms with Crippen LogP contribution < -0.4 is 10.4 Å². The molecule has 0 saturated carbocycles. The van der Waals surface area contributed by atoms with Crippen LogP contribution in [0.3, 0.4) is 0 Å². The SMILES string of the molecule is COC(=O)c1ccc2nc(CO[Si](c3ccccc3)(c3ccccc3)C(C)(C)C)c(C=O)n2c1. The fourth-order valence-electron chi connectivity index (χ4n) is 4.52. The summed E-state index contributed by atoms with van der Waals surface area (Å²) in [6.07, 6.45) is 2.33. The van der Waals surface area contributed by atoms with E-state index in [2.05, 4.69) is 50.0 Å². The lowest BCUT2D eigenvalue weighted by molar-refractivity contribution is 0.0600. The number of aromatic nitrogens is 2. The summed E-state index contributed by atoms with van der Waals surface area (Å²) in [6, 6.07) is 24.0. The van der Waals surface area contributed by atoms with E-state index < -0.39 is 14.3 Å². The van der Waals surface area contributed by atoms with Gasteiger partial charge in [0, 0.05) is 6.20 Å². The van der Waals surface area contributed by atoms with Crippen molar-refractivity contribution in [1.82, 2.24) is 9.38 Å². The van der Waals surface area contributed by atoms with Crippen LogP contribution in [0.1, 0.15) is 47.3 Å². The number of nitrogens with zero attached hydrogens (tertiary/aromatic N) is 2. The molecule has 174 valence electrons. The van der Waals surface area contributed by atoms with Crippen molar-refractivity contribution in [3.8, 4) is 0 Å². The number of benzene rings is 2. The van der Waals surface area contributed by atoms with Gasteiger partial charge in [0.2, 0.25) is 0 Å². The Morgan fingerprint density at radius 2 is 1.56 bits per heavy atom. The number of fused-ring (bicyclic) bond motifs is 1. The second-order valence-electron chi connectivity index (χ2n) is 9.15. The minimum atomic E-state index is -2.79. The number of methoxy groups -OCH3 is 1. The predicted molar refractivity (Wildman–Crippen MR) is 134 cm³/mol. The number of rotatable bonds is 7. The van der Waals surface area contributed by atoms with Crippen molar-refractivity contribution in [2.45, 2.75) is 32.4 Å². The number of carbonyl (C=O) groups is 2. The summed E-state index contributed by atoms with van der Waals surface area (Å²) in [6.45, 7) is 6.76. The third kappa shape index (κ3) is 4.08. The minimum absolute atomic E-state index is 0.163. The van der Waals surface area contributed by atoms with E-state index in [0.717, 1.165) is 16.7 Å². The number of imidazole rings is 1. The molecule has 0 aliphatic carbocycles. The third-order valence-electron chi connectivity index (χ3n) is 6.11. The van der Waals surface area contributed by atoms with Crippen LogP contribution in [0, 0.1) is 0 Å². The molecule has 4 rings (SSSR count). The second-order valence-corrected chi connectivity index (χ2v) is 13.5. The molecule has 34 heavy (non-hydrogen) atoms. The second kappa shape index (κ2) is 9.36. The first-order valence-corrected chi connectivity index (χ1v) is 13.0. The predicted octanol–water partition coefficient (Wildman–Crippen LogP) is 4.01. The third-order valence-corrected chi connectivity index (χ3v) is 11.1. The van der Waals surface area contributed by atoms with Gasteiger partial charge >= 0.3 is 5.97 Å². The number of esters is 1. The summed E-state index contributed by atoms with van der Waals surface area (Å²) >= 11 is 0. The Labute approximate surface area is 200 Å². The molecule has 0 spiro atoms. The molecule has 0 saturated heterocycles. The van der Waals surface area contributed by atoms with Crippen molar-refractivity contribution in [3.63, 3.8) is 0 Å². The molecule has 2 heterocycles. The summed E-state index contributed by atoms with van der Waals surface area (Å²) in [5.41, 5.74) is 1.80. The number of carbonyl (C=O) groups excluding carboxylic acids is 2. The molecule has 0 radical (unpaired) electrons. The van der Waals surface area contributed by atoms with Gasteiger partial charge in [-0.3, -0.25) is 9.20 Å². The molecule has 0 bridgehead atoms. The lowest BCUT2D eigenvalue weighted by Crippen LogP contribution is -2.66. The Hall–Kier alpha value is -3.55. The largest absolute Gasteiger partial charge is 0.465 e. The van der Waals surface area contributed by atoms with Crippen molar-refractivity contribution < 1.29 is 18.8 Å². The highest BCUT2D eigenvalue weighted by Crippen LogP contribution is 2.37. The first kappa shape index (κ1) is 23.6. The number of aldehydes is 1. The molecule has 0 aliphatic rings. The van der Waals surface area contributed by atoms with Gasteiger partial charge in [0.25, 0.3) is 8.32 Å². The van der Waals surface area contributed by atoms with Crippen LogP contribution >= 0.6 is 0 Å². The average molecular weight is 473 g/mol. The molecule has 0 amide bonds. The van der Waals surface area contributed by atoms with Gasteiger partial charge in [-0.2, -0.15) is 0 Å². The summed E-state index contributed by atoms with van der Waals surface area (Å²) in [7, 11) is -1.47. The van der Waals surface area contributed by atoms with Gasteiger partial charge in [0.1, 0.15) is 11.3 Å². The summed E-state index contributed by atoms with van der Waals surface area (Å²) < 4.78 is 13.4. The Balaban J connectivity index is 1.82. The van der Waals surface area contributed by atoms with Crippen LogP contribution in [0.25, 0.3) is 5.65 Å². The van der Waals surface area contributed by atoms with Gasteiger partial charge < -0.3 is 9.16 Å². The van der Waals surface area contributed by atoms with Gasteiger partial charge in [0.15, 0.2) is 6.29 Å². The molecule has 4 aromatic rings. The van der Waals surface area contributed by atoms with Gasteiger partial charge in [0.05, 0.1) is 25.0 Å². The van der Waals surface area contributed by atoms with Crippen molar-refractivity contribution >= 4 is 36.6 Å². The minimum Gasteiger partial charge on any atom is -0.465 e. The van der Waals surface area contributed by atoms with E-state index in [0.29, 0.717) is 22.6 Å². The zero-order valence-corrected chi connectivity index (χ0v) is 20.8. The molecule has 2 aromatic heterocycles. The molecule has 0 fully saturated rings. The van der Waals surface area contributed by atoms with Crippen LogP contribution in [0.15, 0.2) is 79.0 Å². The summed E-state index contributed by atoms with van der Waals surface area (Å²) in [5.74, 6) is -0.474. The first-order chi connectivity index (χ1) is 16.3. The van der Waals surface area contributed by atoms with Crippen LogP contribution in [-0.4, -0.2) is 37.1 Å². The topological polar surface area (TPSA) is 69.9 Å². The highest BCUT2D eigenvalue weighted by atomic mass is 28.4. The van der Waals surface area contributed by atoms with E-state index in [1.807, 2.05) is 36.4 Å². The van der Waals surface area contributed by atoms with Gasteiger partial charge in [-0.1, -0.05) is 81.4 Å². The van der Waals surface area contributed by atoms with E-state index in [9.17, 15) is 9.59 Å². The van der Waals surface area contributed by atoms with E-state index in [4.69, 9.17) is 9.16 Å². The fourth-order valence-corrected chi connectivity index (χ4v) is 9.03. The maximum Gasteiger partial charge on any atom is 0.339 e. The average Bonchev–Trinajstić information content (AvgIpc) is 3.21. The normalized spacial score (nSPS) is 12.0. The number of pyridine rings is 1. The quantitative estimate of drug-likeness (QED) is 0.231. The highest BCUT2D eigenvalue weighted by molar-refractivity contribution is 6.99. The number of hydrogen-bond donors (Lipinski definition) is 0. The maximum atomic E-state index is 12.1. The zero-order chi connectivity index (χ0) is 24.3. The molecule has 6 nitrogen and oxygen atoms in total. The maximum absolute atomic E-state index is 12.1. The molecular weight excluding hydrogens is 444 g/mol. The summed E-state index contributed by atoms with van der Waals surface area (Å²) in [4.78, 5) is 28.7. The molecule has 0 unspecified atom stereocenters. The molecular formula is C27H28N2O4Si. The van der Waals surface area contributed by atoms with Crippen molar-refractivity contribution in [3.05, 3.63) is 95.9 Å². The van der Waals surface area contributed by atoms with Crippen LogP contribution in [0.2, 0.25) is 5.04 Å². The fraction of sp³-hybridized carbons (Fsp3) is 0.222. The van der Waals surface area contributed by atoms with Gasteiger partial charge in [-0.05, 0) is 27.5 Å². The van der Waals surface area contributed by atoms with Crippen LogP contribution in [-0.2, 0) is 15.8 Å². The lowest BCUT2D eigenvalue weighted by Gasteiger charge is -2.42. The summed E-state index contributed by atoms with van der Waals surface area (Å²) in [5, 5.41) is 2.10. The Kier molecular flexibility index (Phi) is 6.50. The lowest BCUT2D eigenvalue weighted by atomic mass is 10.2. The highest BCUT2D eigenvalue weighted by Gasteiger charge is 2.50. The van der Waals surface area contributed by atoms with Gasteiger partial charge in [-0.15, -0.1) is 0 Å². The first-order valence-electron chi connectivity index (χ1n) is 11.1. The van der Waals surface area contributed by atoms with Crippen LogP contribution in [0.5, 0.6) is 0 Å². The number of hydrogen-bond acceptors (Lipinski definition) is 5. The van der Waals surface area contributed by atoms with Crippen molar-refractivity contribution in [2.75, 3.05) is 7.11 Å².